The van der Waals surface area contributed by atoms with Crippen LogP contribution in [-0.2, 0) is 4.74 Å². The fourth-order valence-electron chi connectivity index (χ4n) is 5.47. The number of benzene rings is 2. The predicted octanol–water partition coefficient (Wildman–Crippen LogP) is 6.95. The van der Waals surface area contributed by atoms with Gasteiger partial charge in [0, 0.05) is 5.69 Å². The zero-order chi connectivity index (χ0) is 24.2. The van der Waals surface area contributed by atoms with Crippen molar-refractivity contribution in [1.82, 2.24) is 5.32 Å². The Labute approximate surface area is 198 Å². The first kappa shape index (κ1) is 24.8. The minimum Gasteiger partial charge on any atom is -0.465 e. The summed E-state index contributed by atoms with van der Waals surface area (Å²) in [6.45, 7) is 10.9. The number of aryl methyl sites for hydroxylation is 2. The Morgan fingerprint density at radius 1 is 0.939 bits per heavy atom. The third-order valence-corrected chi connectivity index (χ3v) is 7.21. The van der Waals surface area contributed by atoms with Crippen LogP contribution in [0.1, 0.15) is 86.0 Å². The number of esters is 1. The second-order valence-electron chi connectivity index (χ2n) is 10.5. The topological polar surface area (TPSA) is 67.4 Å². The fraction of sp³-hybridized carbons (Fsp3) is 0.500. The molecule has 5 nitrogen and oxygen atoms in total. The first-order valence-corrected chi connectivity index (χ1v) is 11.9. The molecule has 178 valence electrons. The highest BCUT2D eigenvalue weighted by Crippen LogP contribution is 2.56. The Bertz CT molecular complexity index is 963. The molecule has 0 radical (unpaired) electrons. The van der Waals surface area contributed by atoms with Crippen LogP contribution in [0.3, 0.4) is 0 Å². The largest absolute Gasteiger partial charge is 0.465 e. The van der Waals surface area contributed by atoms with Crippen molar-refractivity contribution in [2.45, 2.75) is 72.8 Å². The summed E-state index contributed by atoms with van der Waals surface area (Å²) in [5.41, 5.74) is 4.41. The summed E-state index contributed by atoms with van der Waals surface area (Å²) in [4.78, 5) is 25.2. The quantitative estimate of drug-likeness (QED) is 0.484. The summed E-state index contributed by atoms with van der Waals surface area (Å²) in [6, 6.07) is 13.1. The molecule has 2 aromatic carbocycles. The van der Waals surface area contributed by atoms with Gasteiger partial charge in [-0.3, -0.25) is 0 Å². The molecule has 0 aromatic heterocycles. The molecule has 1 fully saturated rings. The number of carbonyl (C=O) groups excluding carboxylic acids is 2. The van der Waals surface area contributed by atoms with Gasteiger partial charge in [0.2, 0.25) is 0 Å². The normalized spacial score (nSPS) is 16.5. The number of ether oxygens (including phenoxy) is 1. The fourth-order valence-corrected chi connectivity index (χ4v) is 5.47. The zero-order valence-corrected chi connectivity index (χ0v) is 20.9. The van der Waals surface area contributed by atoms with Crippen molar-refractivity contribution < 1.29 is 14.3 Å². The number of carbonyl (C=O) groups is 2. The Morgan fingerprint density at radius 2 is 1.52 bits per heavy atom. The average molecular weight is 451 g/mol. The molecular formula is C28H38N2O3. The molecule has 1 atom stereocenters. The molecule has 3 rings (SSSR count). The Morgan fingerprint density at radius 3 is 2.03 bits per heavy atom. The van der Waals surface area contributed by atoms with Gasteiger partial charge in [0.1, 0.15) is 0 Å². The van der Waals surface area contributed by atoms with Crippen LogP contribution >= 0.6 is 0 Å². The molecule has 2 N–H and O–H groups in total. The molecule has 2 aromatic rings. The van der Waals surface area contributed by atoms with Gasteiger partial charge in [0.25, 0.3) is 0 Å². The molecule has 1 unspecified atom stereocenters. The van der Waals surface area contributed by atoms with Gasteiger partial charge in [-0.2, -0.15) is 0 Å². The molecule has 5 heteroatoms. The third kappa shape index (κ3) is 5.58. The Kier molecular flexibility index (Phi) is 7.51. The van der Waals surface area contributed by atoms with Crippen LogP contribution in [0.5, 0.6) is 0 Å². The van der Waals surface area contributed by atoms with Crippen LogP contribution < -0.4 is 10.6 Å². The van der Waals surface area contributed by atoms with Gasteiger partial charge >= 0.3 is 12.0 Å². The number of anilines is 1. The van der Waals surface area contributed by atoms with Gasteiger partial charge in [0.15, 0.2) is 0 Å². The van der Waals surface area contributed by atoms with Gasteiger partial charge in [0.05, 0.1) is 18.7 Å². The van der Waals surface area contributed by atoms with Crippen molar-refractivity contribution in [3.05, 3.63) is 64.7 Å². The number of rotatable bonds is 5. The number of amides is 2. The summed E-state index contributed by atoms with van der Waals surface area (Å²) >= 11 is 0. The average Bonchev–Trinajstić information content (AvgIpc) is 2.76. The van der Waals surface area contributed by atoms with Crippen molar-refractivity contribution >= 4 is 17.7 Å². The monoisotopic (exact) mass is 450 g/mol. The minimum absolute atomic E-state index is 0.0215. The molecule has 0 aliphatic heterocycles. The van der Waals surface area contributed by atoms with Crippen LogP contribution in [0, 0.1) is 24.7 Å². The zero-order valence-electron chi connectivity index (χ0n) is 20.9. The maximum absolute atomic E-state index is 13.3. The lowest BCUT2D eigenvalue weighted by Crippen LogP contribution is -2.50. The smallest absolute Gasteiger partial charge is 0.337 e. The lowest BCUT2D eigenvalue weighted by molar-refractivity contribution is 0.00126. The summed E-state index contributed by atoms with van der Waals surface area (Å²) in [7, 11) is 1.38. The van der Waals surface area contributed by atoms with Gasteiger partial charge < -0.3 is 15.4 Å². The van der Waals surface area contributed by atoms with Crippen molar-refractivity contribution in [3.8, 4) is 0 Å². The summed E-state index contributed by atoms with van der Waals surface area (Å²) in [5, 5.41) is 6.38. The summed E-state index contributed by atoms with van der Waals surface area (Å²) in [5.74, 6) is -0.359. The van der Waals surface area contributed by atoms with E-state index in [1.807, 2.05) is 38.1 Å². The summed E-state index contributed by atoms with van der Waals surface area (Å²) < 4.78 is 4.86. The third-order valence-electron chi connectivity index (χ3n) is 7.21. The van der Waals surface area contributed by atoms with Gasteiger partial charge in [-0.1, -0.05) is 58.2 Å². The van der Waals surface area contributed by atoms with Crippen molar-refractivity contribution in [1.29, 1.82) is 0 Å². The van der Waals surface area contributed by atoms with E-state index < -0.39 is 0 Å². The maximum Gasteiger partial charge on any atom is 0.337 e. The first-order valence-electron chi connectivity index (χ1n) is 11.9. The van der Waals surface area contributed by atoms with Crippen LogP contribution in [0.2, 0.25) is 0 Å². The standard InChI is InChI=1S/C28H38N2O3/c1-19-16-20(2)18-23(17-19)29-26(32)30-24(21-10-12-22(13-11-21)25(31)33-6)28(27(3,4)5)14-8-7-9-15-28/h10-13,16-18,24H,7-9,14-15H2,1-6H3,(H2,29,30,32). The molecule has 0 bridgehead atoms. The Hall–Kier alpha value is -2.82. The maximum atomic E-state index is 13.3. The van der Waals surface area contributed by atoms with Crippen LogP contribution in [0.25, 0.3) is 0 Å². The molecule has 1 aliphatic rings. The van der Waals surface area contributed by atoms with Crippen LogP contribution in [0.4, 0.5) is 10.5 Å². The van der Waals surface area contributed by atoms with E-state index in [1.165, 1.54) is 13.5 Å². The highest BCUT2D eigenvalue weighted by Gasteiger charge is 2.49. The van der Waals surface area contributed by atoms with Crippen molar-refractivity contribution in [2.75, 3.05) is 12.4 Å². The van der Waals surface area contributed by atoms with Crippen molar-refractivity contribution in [2.24, 2.45) is 10.8 Å². The van der Waals surface area contributed by atoms with E-state index in [2.05, 4.69) is 37.5 Å². The second-order valence-corrected chi connectivity index (χ2v) is 10.5. The lowest BCUT2D eigenvalue weighted by atomic mass is 9.54. The molecule has 33 heavy (non-hydrogen) atoms. The molecule has 0 saturated heterocycles. The first-order chi connectivity index (χ1) is 15.6. The summed E-state index contributed by atoms with van der Waals surface area (Å²) in [6.07, 6.45) is 5.61. The number of urea groups is 1. The van der Waals surface area contributed by atoms with E-state index in [1.54, 1.807) is 12.1 Å². The lowest BCUT2D eigenvalue weighted by Gasteiger charge is -2.52. The van der Waals surface area contributed by atoms with Gasteiger partial charge in [-0.15, -0.1) is 0 Å². The number of nitrogens with one attached hydrogen (secondary N) is 2. The van der Waals surface area contributed by atoms with E-state index >= 15 is 0 Å². The SMILES string of the molecule is COC(=O)c1ccc(C(NC(=O)Nc2cc(C)cc(C)c2)C2(C(C)(C)C)CCCCC2)cc1. The van der Waals surface area contributed by atoms with E-state index in [0.717, 1.165) is 48.1 Å². The van der Waals surface area contributed by atoms with E-state index in [4.69, 9.17) is 4.74 Å². The van der Waals surface area contributed by atoms with Gasteiger partial charge in [-0.25, -0.2) is 9.59 Å². The molecule has 0 spiro atoms. The highest BCUT2D eigenvalue weighted by molar-refractivity contribution is 5.90. The van der Waals surface area contributed by atoms with Crippen LogP contribution in [0.15, 0.2) is 42.5 Å². The number of hydrogen-bond acceptors (Lipinski definition) is 3. The van der Waals surface area contributed by atoms with Crippen molar-refractivity contribution in [3.63, 3.8) is 0 Å². The molecule has 2 amide bonds. The second kappa shape index (κ2) is 9.98. The highest BCUT2D eigenvalue weighted by atomic mass is 16.5. The van der Waals surface area contributed by atoms with E-state index in [0.29, 0.717) is 5.56 Å². The molecule has 0 heterocycles. The molecular weight excluding hydrogens is 412 g/mol. The number of hydrogen-bond donors (Lipinski definition) is 2. The minimum atomic E-state index is -0.359. The van der Waals surface area contributed by atoms with E-state index in [-0.39, 0.29) is 28.9 Å². The van der Waals surface area contributed by atoms with Crippen LogP contribution in [-0.4, -0.2) is 19.1 Å². The molecule has 1 aliphatic carbocycles. The Balaban J connectivity index is 1.97. The predicted molar refractivity (Wildman–Crippen MR) is 134 cm³/mol. The van der Waals surface area contributed by atoms with Gasteiger partial charge in [-0.05, 0) is 78.5 Å². The molecule has 1 saturated carbocycles. The number of methoxy groups -OCH3 is 1. The van der Waals surface area contributed by atoms with E-state index in [9.17, 15) is 9.59 Å².